The number of hydrogen-bond acceptors (Lipinski definition) is 2. The van der Waals surface area contributed by atoms with Crippen molar-refractivity contribution in [3.63, 3.8) is 0 Å². The molecule has 1 aliphatic heterocycles. The maximum absolute atomic E-state index is 14.5. The SMILES string of the molecule is CN=C(NCC1(c2c(F)cccc2F)CCCC1)NC1CCN(C(=O)C(C)C)C1.I. The molecule has 168 valence electrons. The lowest BCUT2D eigenvalue weighted by molar-refractivity contribution is -0.133. The Morgan fingerprint density at radius 2 is 1.90 bits per heavy atom. The van der Waals surface area contributed by atoms with Gasteiger partial charge in [0.2, 0.25) is 5.91 Å². The minimum atomic E-state index is -0.567. The lowest BCUT2D eigenvalue weighted by Crippen LogP contribution is -2.49. The van der Waals surface area contributed by atoms with Gasteiger partial charge in [-0.3, -0.25) is 9.79 Å². The molecule has 8 heteroatoms. The summed E-state index contributed by atoms with van der Waals surface area (Å²) in [6.45, 7) is 5.62. The zero-order chi connectivity index (χ0) is 21.0. The molecule has 2 fully saturated rings. The van der Waals surface area contributed by atoms with Gasteiger partial charge in [0, 0.05) is 49.6 Å². The second kappa shape index (κ2) is 10.7. The van der Waals surface area contributed by atoms with E-state index in [1.165, 1.54) is 18.2 Å². The van der Waals surface area contributed by atoms with Crippen molar-refractivity contribution in [3.05, 3.63) is 35.4 Å². The first kappa shape index (κ1) is 24.8. The summed E-state index contributed by atoms with van der Waals surface area (Å²) >= 11 is 0. The van der Waals surface area contributed by atoms with Crippen molar-refractivity contribution in [2.24, 2.45) is 10.9 Å². The summed E-state index contributed by atoms with van der Waals surface area (Å²) < 4.78 is 29.0. The first-order chi connectivity index (χ1) is 13.9. The third kappa shape index (κ3) is 5.42. The van der Waals surface area contributed by atoms with E-state index in [9.17, 15) is 13.6 Å². The molecular formula is C22H33F2IN4O. The van der Waals surface area contributed by atoms with E-state index in [0.29, 0.717) is 19.0 Å². The largest absolute Gasteiger partial charge is 0.356 e. The van der Waals surface area contributed by atoms with Gasteiger partial charge in [-0.1, -0.05) is 32.8 Å². The number of halogens is 3. The molecule has 5 nitrogen and oxygen atoms in total. The Morgan fingerprint density at radius 3 is 2.47 bits per heavy atom. The van der Waals surface area contributed by atoms with Gasteiger partial charge in [-0.2, -0.15) is 0 Å². The van der Waals surface area contributed by atoms with Crippen molar-refractivity contribution in [2.75, 3.05) is 26.7 Å². The molecule has 1 saturated carbocycles. The fourth-order valence-corrected chi connectivity index (χ4v) is 4.66. The first-order valence-corrected chi connectivity index (χ1v) is 10.6. The number of carbonyl (C=O) groups is 1. The number of hydrogen-bond donors (Lipinski definition) is 2. The Kier molecular flexibility index (Phi) is 8.87. The summed E-state index contributed by atoms with van der Waals surface area (Å²) in [6.07, 6.45) is 4.25. The summed E-state index contributed by atoms with van der Waals surface area (Å²) in [7, 11) is 1.69. The number of aliphatic imine (C=N–C) groups is 1. The number of rotatable bonds is 5. The number of carbonyl (C=O) groups excluding carboxylic acids is 1. The van der Waals surface area contributed by atoms with Crippen molar-refractivity contribution in [3.8, 4) is 0 Å². The maximum Gasteiger partial charge on any atom is 0.225 e. The van der Waals surface area contributed by atoms with Crippen LogP contribution in [-0.2, 0) is 10.2 Å². The number of likely N-dealkylation sites (tertiary alicyclic amines) is 1. The van der Waals surface area contributed by atoms with Crippen LogP contribution in [0.3, 0.4) is 0 Å². The average Bonchev–Trinajstić information content (AvgIpc) is 3.34. The van der Waals surface area contributed by atoms with Crippen LogP contribution in [0, 0.1) is 17.6 Å². The number of nitrogens with zero attached hydrogens (tertiary/aromatic N) is 2. The van der Waals surface area contributed by atoms with Crippen LogP contribution in [0.4, 0.5) is 8.78 Å². The highest BCUT2D eigenvalue weighted by atomic mass is 127. The molecule has 1 aromatic carbocycles. The zero-order valence-corrected chi connectivity index (χ0v) is 20.3. The van der Waals surface area contributed by atoms with E-state index in [4.69, 9.17) is 0 Å². The van der Waals surface area contributed by atoms with Gasteiger partial charge in [-0.15, -0.1) is 24.0 Å². The lowest BCUT2D eigenvalue weighted by Gasteiger charge is -2.31. The molecule has 1 unspecified atom stereocenters. The highest BCUT2D eigenvalue weighted by molar-refractivity contribution is 14.0. The molecule has 2 N–H and O–H groups in total. The molecule has 30 heavy (non-hydrogen) atoms. The second-order valence-electron chi connectivity index (χ2n) is 8.58. The van der Waals surface area contributed by atoms with E-state index < -0.39 is 17.0 Å². The predicted molar refractivity (Wildman–Crippen MR) is 126 cm³/mol. The normalized spacial score (nSPS) is 20.9. The summed E-state index contributed by atoms with van der Waals surface area (Å²) in [5.41, 5.74) is -0.377. The summed E-state index contributed by atoms with van der Waals surface area (Å²) in [6, 6.07) is 4.21. The van der Waals surface area contributed by atoms with Gasteiger partial charge in [0.1, 0.15) is 11.6 Å². The van der Waals surface area contributed by atoms with Crippen molar-refractivity contribution >= 4 is 35.8 Å². The molecule has 1 atom stereocenters. The van der Waals surface area contributed by atoms with Crippen molar-refractivity contribution < 1.29 is 13.6 Å². The van der Waals surface area contributed by atoms with E-state index >= 15 is 0 Å². The van der Waals surface area contributed by atoms with Crippen molar-refractivity contribution in [2.45, 2.75) is 57.4 Å². The Morgan fingerprint density at radius 1 is 1.27 bits per heavy atom. The topological polar surface area (TPSA) is 56.7 Å². The highest BCUT2D eigenvalue weighted by Crippen LogP contribution is 2.42. The molecule has 1 aromatic rings. The van der Waals surface area contributed by atoms with E-state index in [-0.39, 0.29) is 47.4 Å². The first-order valence-electron chi connectivity index (χ1n) is 10.6. The Bertz CT molecular complexity index is 745. The van der Waals surface area contributed by atoms with Gasteiger partial charge in [-0.05, 0) is 31.4 Å². The number of guanidine groups is 1. The molecule has 1 heterocycles. The number of benzene rings is 1. The van der Waals surface area contributed by atoms with E-state index in [2.05, 4.69) is 15.6 Å². The van der Waals surface area contributed by atoms with Crippen molar-refractivity contribution in [1.82, 2.24) is 15.5 Å². The van der Waals surface area contributed by atoms with Gasteiger partial charge < -0.3 is 15.5 Å². The molecule has 0 spiro atoms. The molecule has 0 aromatic heterocycles. The van der Waals surface area contributed by atoms with E-state index in [1.54, 1.807) is 7.05 Å². The number of amides is 1. The zero-order valence-electron chi connectivity index (χ0n) is 18.0. The highest BCUT2D eigenvalue weighted by Gasteiger charge is 2.40. The van der Waals surface area contributed by atoms with Crippen LogP contribution in [0.25, 0.3) is 0 Å². The van der Waals surface area contributed by atoms with Gasteiger partial charge in [0.05, 0.1) is 0 Å². The van der Waals surface area contributed by atoms with Gasteiger partial charge in [0.15, 0.2) is 5.96 Å². The fourth-order valence-electron chi connectivity index (χ4n) is 4.66. The molecule has 2 aliphatic rings. The molecule has 3 rings (SSSR count). The Balaban J connectivity index is 0.00000320. The average molecular weight is 534 g/mol. The summed E-state index contributed by atoms with van der Waals surface area (Å²) in [5, 5.41) is 6.67. The van der Waals surface area contributed by atoms with Crippen LogP contribution in [0.2, 0.25) is 0 Å². The van der Waals surface area contributed by atoms with Crippen LogP contribution in [0.1, 0.15) is 51.5 Å². The monoisotopic (exact) mass is 534 g/mol. The third-order valence-electron chi connectivity index (χ3n) is 6.21. The minimum Gasteiger partial charge on any atom is -0.356 e. The number of nitrogens with one attached hydrogen (secondary N) is 2. The lowest BCUT2D eigenvalue weighted by atomic mass is 9.78. The standard InChI is InChI=1S/C22H32F2N4O.HI/c1-15(2)20(29)28-12-9-16(13-28)27-21(25-3)26-14-22(10-4-5-11-22)19-17(23)7-6-8-18(19)24;/h6-8,15-16H,4-5,9-14H2,1-3H3,(H2,25,26,27);1H. The summed E-state index contributed by atoms with van der Waals surface area (Å²) in [4.78, 5) is 18.4. The van der Waals surface area contributed by atoms with Crippen LogP contribution in [0.15, 0.2) is 23.2 Å². The third-order valence-corrected chi connectivity index (χ3v) is 6.21. The molecule has 1 saturated heterocycles. The molecule has 0 bridgehead atoms. The maximum atomic E-state index is 14.5. The van der Waals surface area contributed by atoms with Crippen molar-refractivity contribution in [1.29, 1.82) is 0 Å². The van der Waals surface area contributed by atoms with Crippen LogP contribution >= 0.6 is 24.0 Å². The Hall–Kier alpha value is -1.45. The van der Waals surface area contributed by atoms with E-state index in [0.717, 1.165) is 38.6 Å². The molecule has 0 radical (unpaired) electrons. The quantitative estimate of drug-likeness (QED) is 0.343. The predicted octanol–water partition coefficient (Wildman–Crippen LogP) is 3.82. The van der Waals surface area contributed by atoms with Crippen LogP contribution < -0.4 is 10.6 Å². The Labute approximate surface area is 195 Å². The summed E-state index contributed by atoms with van der Waals surface area (Å²) in [5.74, 6) is -0.191. The van der Waals surface area contributed by atoms with Gasteiger partial charge in [0.25, 0.3) is 0 Å². The molecule has 1 amide bonds. The van der Waals surface area contributed by atoms with Gasteiger partial charge >= 0.3 is 0 Å². The molecular weight excluding hydrogens is 501 g/mol. The minimum absolute atomic E-state index is 0. The van der Waals surface area contributed by atoms with Crippen LogP contribution in [0.5, 0.6) is 0 Å². The van der Waals surface area contributed by atoms with Gasteiger partial charge in [-0.25, -0.2) is 8.78 Å². The fraction of sp³-hybridized carbons (Fsp3) is 0.636. The smallest absolute Gasteiger partial charge is 0.225 e. The van der Waals surface area contributed by atoms with E-state index in [1.807, 2.05) is 18.7 Å². The molecule has 1 aliphatic carbocycles. The van der Waals surface area contributed by atoms with Crippen LogP contribution in [-0.4, -0.2) is 49.5 Å². The second-order valence-corrected chi connectivity index (χ2v) is 8.58.